The number of hydrogen-bond donors (Lipinski definition) is 1. The Kier molecular flexibility index (Phi) is 4.84. The number of carbonyl (C=O) groups excluding carboxylic acids is 1. The number of nitrogens with one attached hydrogen (secondary N) is 1. The third-order valence-corrected chi connectivity index (χ3v) is 2.68. The SMILES string of the molecule is CC(C)(C)/C=C/NC(=O)N1CCCCCC1. The molecule has 3 heteroatoms. The van der Waals surface area contributed by atoms with Crippen molar-refractivity contribution < 1.29 is 4.79 Å². The summed E-state index contributed by atoms with van der Waals surface area (Å²) in [6, 6.07) is 0.0439. The Hall–Kier alpha value is -0.990. The van der Waals surface area contributed by atoms with Crippen LogP contribution in [0.5, 0.6) is 0 Å². The van der Waals surface area contributed by atoms with Gasteiger partial charge in [0.25, 0.3) is 0 Å². The normalized spacial score (nSPS) is 18.6. The number of carbonyl (C=O) groups is 1. The molecule has 0 aliphatic carbocycles. The van der Waals surface area contributed by atoms with Gasteiger partial charge >= 0.3 is 6.03 Å². The van der Waals surface area contributed by atoms with Crippen LogP contribution in [0.1, 0.15) is 46.5 Å². The molecule has 1 aliphatic rings. The molecule has 0 saturated carbocycles. The summed E-state index contributed by atoms with van der Waals surface area (Å²) in [5, 5.41) is 2.84. The second-order valence-corrected chi connectivity index (χ2v) is 5.55. The molecule has 0 atom stereocenters. The molecule has 0 spiro atoms. The highest BCUT2D eigenvalue weighted by Gasteiger charge is 2.14. The number of nitrogens with zero attached hydrogens (tertiary/aromatic N) is 1. The maximum atomic E-state index is 11.8. The fourth-order valence-electron chi connectivity index (χ4n) is 1.73. The fraction of sp³-hybridized carbons (Fsp3) is 0.769. The maximum absolute atomic E-state index is 11.8. The monoisotopic (exact) mass is 224 g/mol. The summed E-state index contributed by atoms with van der Waals surface area (Å²) < 4.78 is 0. The Morgan fingerprint density at radius 2 is 1.69 bits per heavy atom. The molecular weight excluding hydrogens is 200 g/mol. The molecule has 0 radical (unpaired) electrons. The molecular formula is C13H24N2O. The van der Waals surface area contributed by atoms with Crippen LogP contribution >= 0.6 is 0 Å². The molecule has 3 nitrogen and oxygen atoms in total. The van der Waals surface area contributed by atoms with E-state index in [1.807, 2.05) is 11.0 Å². The molecule has 1 fully saturated rings. The van der Waals surface area contributed by atoms with Crippen LogP contribution < -0.4 is 5.32 Å². The van der Waals surface area contributed by atoms with Gasteiger partial charge in [-0.3, -0.25) is 0 Å². The summed E-state index contributed by atoms with van der Waals surface area (Å²) in [4.78, 5) is 13.7. The van der Waals surface area contributed by atoms with E-state index in [1.165, 1.54) is 12.8 Å². The van der Waals surface area contributed by atoms with E-state index in [9.17, 15) is 4.79 Å². The minimum Gasteiger partial charge on any atom is -0.325 e. The average molecular weight is 224 g/mol. The van der Waals surface area contributed by atoms with Crippen LogP contribution in [-0.4, -0.2) is 24.0 Å². The Morgan fingerprint density at radius 3 is 2.19 bits per heavy atom. The lowest BCUT2D eigenvalue weighted by molar-refractivity contribution is 0.203. The van der Waals surface area contributed by atoms with E-state index < -0.39 is 0 Å². The Bertz CT molecular complexity index is 245. The quantitative estimate of drug-likeness (QED) is 0.729. The summed E-state index contributed by atoms with van der Waals surface area (Å²) in [6.45, 7) is 8.13. The van der Waals surface area contributed by atoms with E-state index in [4.69, 9.17) is 0 Å². The lowest BCUT2D eigenvalue weighted by atomic mass is 9.97. The molecule has 0 unspecified atom stereocenters. The van der Waals surface area contributed by atoms with E-state index in [-0.39, 0.29) is 11.4 Å². The zero-order valence-electron chi connectivity index (χ0n) is 10.8. The van der Waals surface area contributed by atoms with Crippen molar-refractivity contribution in [1.82, 2.24) is 10.2 Å². The highest BCUT2D eigenvalue weighted by molar-refractivity contribution is 5.75. The van der Waals surface area contributed by atoms with Crippen molar-refractivity contribution in [1.29, 1.82) is 0 Å². The van der Waals surface area contributed by atoms with Crippen LogP contribution in [-0.2, 0) is 0 Å². The van der Waals surface area contributed by atoms with Gasteiger partial charge in [-0.15, -0.1) is 0 Å². The first-order chi connectivity index (χ1) is 7.49. The first-order valence-electron chi connectivity index (χ1n) is 6.22. The third-order valence-electron chi connectivity index (χ3n) is 2.68. The van der Waals surface area contributed by atoms with Crippen molar-refractivity contribution in [3.8, 4) is 0 Å². The zero-order valence-corrected chi connectivity index (χ0v) is 10.8. The van der Waals surface area contributed by atoms with Gasteiger partial charge in [-0.2, -0.15) is 0 Å². The van der Waals surface area contributed by atoms with Gasteiger partial charge in [-0.25, -0.2) is 4.79 Å². The summed E-state index contributed by atoms with van der Waals surface area (Å²) >= 11 is 0. The van der Waals surface area contributed by atoms with Gasteiger partial charge in [-0.1, -0.05) is 39.7 Å². The van der Waals surface area contributed by atoms with Gasteiger partial charge in [0.05, 0.1) is 0 Å². The van der Waals surface area contributed by atoms with Crippen molar-refractivity contribution >= 4 is 6.03 Å². The van der Waals surface area contributed by atoms with E-state index in [1.54, 1.807) is 6.20 Å². The topological polar surface area (TPSA) is 32.3 Å². The van der Waals surface area contributed by atoms with Crippen LogP contribution in [0.3, 0.4) is 0 Å². The predicted molar refractivity (Wildman–Crippen MR) is 67.2 cm³/mol. The second kappa shape index (κ2) is 5.92. The minimum atomic E-state index is 0.0439. The van der Waals surface area contributed by atoms with Gasteiger partial charge < -0.3 is 10.2 Å². The number of hydrogen-bond acceptors (Lipinski definition) is 1. The molecule has 1 saturated heterocycles. The van der Waals surface area contributed by atoms with Crippen molar-refractivity contribution in [2.24, 2.45) is 5.41 Å². The number of allylic oxidation sites excluding steroid dienone is 1. The zero-order chi connectivity index (χ0) is 12.0. The summed E-state index contributed by atoms with van der Waals surface area (Å²) in [5.41, 5.74) is 0.117. The first-order valence-corrected chi connectivity index (χ1v) is 6.22. The smallest absolute Gasteiger partial charge is 0.321 e. The molecule has 0 aromatic heterocycles. The van der Waals surface area contributed by atoms with Crippen LogP contribution in [0.15, 0.2) is 12.3 Å². The molecule has 0 aromatic rings. The highest BCUT2D eigenvalue weighted by atomic mass is 16.2. The average Bonchev–Trinajstić information content (AvgIpc) is 2.43. The van der Waals surface area contributed by atoms with Crippen molar-refractivity contribution in [3.05, 3.63) is 12.3 Å². The van der Waals surface area contributed by atoms with E-state index in [0.29, 0.717) is 0 Å². The number of rotatable bonds is 1. The number of likely N-dealkylation sites (tertiary alicyclic amines) is 1. The molecule has 1 N–H and O–H groups in total. The van der Waals surface area contributed by atoms with E-state index >= 15 is 0 Å². The van der Waals surface area contributed by atoms with Crippen LogP contribution in [0.4, 0.5) is 4.79 Å². The Labute approximate surface area is 98.9 Å². The second-order valence-electron chi connectivity index (χ2n) is 5.55. The van der Waals surface area contributed by atoms with Gasteiger partial charge in [0.1, 0.15) is 0 Å². The largest absolute Gasteiger partial charge is 0.325 e. The van der Waals surface area contributed by atoms with Gasteiger partial charge in [-0.05, 0) is 18.3 Å². The molecule has 16 heavy (non-hydrogen) atoms. The Balaban J connectivity index is 2.36. The molecule has 1 rings (SSSR count). The Morgan fingerprint density at radius 1 is 1.12 bits per heavy atom. The standard InChI is InChI=1S/C13H24N2O/c1-13(2,3)8-9-14-12(16)15-10-6-4-5-7-11-15/h8-9H,4-7,10-11H2,1-3H3,(H,14,16)/b9-8+. The predicted octanol–water partition coefficient (Wildman–Crippen LogP) is 3.13. The first kappa shape index (κ1) is 13.1. The van der Waals surface area contributed by atoms with Crippen molar-refractivity contribution in [3.63, 3.8) is 0 Å². The maximum Gasteiger partial charge on any atom is 0.321 e. The highest BCUT2D eigenvalue weighted by Crippen LogP contribution is 2.14. The summed E-state index contributed by atoms with van der Waals surface area (Å²) in [6.07, 6.45) is 8.56. The van der Waals surface area contributed by atoms with Gasteiger partial charge in [0, 0.05) is 19.3 Å². The molecule has 1 aliphatic heterocycles. The van der Waals surface area contributed by atoms with E-state index in [0.717, 1.165) is 25.9 Å². The van der Waals surface area contributed by atoms with Crippen LogP contribution in [0, 0.1) is 5.41 Å². The number of amides is 2. The lowest BCUT2D eigenvalue weighted by Crippen LogP contribution is -2.38. The van der Waals surface area contributed by atoms with Crippen LogP contribution in [0.25, 0.3) is 0 Å². The molecule has 2 amide bonds. The molecule has 92 valence electrons. The van der Waals surface area contributed by atoms with E-state index in [2.05, 4.69) is 26.1 Å². The van der Waals surface area contributed by atoms with Crippen molar-refractivity contribution in [2.75, 3.05) is 13.1 Å². The lowest BCUT2D eigenvalue weighted by Gasteiger charge is -2.20. The fourth-order valence-corrected chi connectivity index (χ4v) is 1.73. The summed E-state index contributed by atoms with van der Waals surface area (Å²) in [5.74, 6) is 0. The molecule has 0 bridgehead atoms. The van der Waals surface area contributed by atoms with Gasteiger partial charge in [0.2, 0.25) is 0 Å². The number of urea groups is 1. The summed E-state index contributed by atoms with van der Waals surface area (Å²) in [7, 11) is 0. The molecule has 0 aromatic carbocycles. The van der Waals surface area contributed by atoms with Gasteiger partial charge in [0.15, 0.2) is 0 Å². The van der Waals surface area contributed by atoms with Crippen molar-refractivity contribution in [2.45, 2.75) is 46.5 Å². The third kappa shape index (κ3) is 5.19. The molecule has 1 heterocycles. The van der Waals surface area contributed by atoms with Crippen LogP contribution in [0.2, 0.25) is 0 Å². The minimum absolute atomic E-state index is 0.0439.